The molecule has 10 nitrogen and oxygen atoms in total. The van der Waals surface area contributed by atoms with Gasteiger partial charge in [0.1, 0.15) is 23.6 Å². The number of fused-ring (bicyclic) bond motifs is 1. The predicted octanol–water partition coefficient (Wildman–Crippen LogP) is 3.59. The zero-order valence-electron chi connectivity index (χ0n) is 21.5. The Hall–Kier alpha value is -4.47. The minimum Gasteiger partial charge on any atom is -0.480 e. The third-order valence-electron chi connectivity index (χ3n) is 6.94. The van der Waals surface area contributed by atoms with E-state index in [-0.39, 0.29) is 41.4 Å². The van der Waals surface area contributed by atoms with Crippen molar-refractivity contribution < 1.29 is 35.9 Å². The molecule has 1 unspecified atom stereocenters. The summed E-state index contributed by atoms with van der Waals surface area (Å²) in [5.74, 6) is -3.80. The van der Waals surface area contributed by atoms with Gasteiger partial charge in [0.15, 0.2) is 11.6 Å². The lowest BCUT2D eigenvalue weighted by molar-refractivity contribution is -0.136. The summed E-state index contributed by atoms with van der Waals surface area (Å²) in [7, 11) is 1.24. The monoisotopic (exact) mass is 580 g/mol. The maximum Gasteiger partial charge on any atom is 0.418 e. The largest absolute Gasteiger partial charge is 0.480 e. The molecule has 4 aromatic rings. The van der Waals surface area contributed by atoms with Crippen LogP contribution >= 0.6 is 0 Å². The van der Waals surface area contributed by atoms with Crippen LogP contribution in [0.5, 0.6) is 5.88 Å². The molecule has 0 bridgehead atoms. The van der Waals surface area contributed by atoms with Crippen molar-refractivity contribution in [1.29, 1.82) is 0 Å². The lowest BCUT2D eigenvalue weighted by atomic mass is 10.1. The first-order valence-electron chi connectivity index (χ1n) is 12.1. The first-order valence-corrected chi connectivity index (χ1v) is 12.1. The molecule has 0 radical (unpaired) electrons. The molecule has 3 atom stereocenters. The summed E-state index contributed by atoms with van der Waals surface area (Å²) in [6, 6.07) is 1.55. The number of nitrogen functional groups attached to an aromatic ring is 1. The number of hydrogen-bond donors (Lipinski definition) is 2. The predicted molar refractivity (Wildman–Crippen MR) is 132 cm³/mol. The Morgan fingerprint density at radius 3 is 2.66 bits per heavy atom. The zero-order valence-corrected chi connectivity index (χ0v) is 21.5. The van der Waals surface area contributed by atoms with Crippen LogP contribution in [0.4, 0.5) is 32.2 Å². The molecule has 3 N–H and O–H groups in total. The van der Waals surface area contributed by atoms with Crippen LogP contribution in [0.3, 0.4) is 0 Å². The number of halogens is 6. The average molecular weight is 580 g/mol. The van der Waals surface area contributed by atoms with Crippen LogP contribution in [0.15, 0.2) is 36.9 Å². The second kappa shape index (κ2) is 10.5. The Kier molecular flexibility index (Phi) is 7.19. The van der Waals surface area contributed by atoms with E-state index in [1.807, 2.05) is 0 Å². The second-order valence-corrected chi connectivity index (χ2v) is 9.36. The van der Waals surface area contributed by atoms with Gasteiger partial charge < -0.3 is 15.8 Å². The minimum absolute atomic E-state index is 0.0163. The van der Waals surface area contributed by atoms with Crippen molar-refractivity contribution in [3.8, 4) is 17.1 Å². The third-order valence-corrected chi connectivity index (χ3v) is 6.94. The lowest BCUT2D eigenvalue weighted by Gasteiger charge is -2.24. The molecule has 4 aromatic heterocycles. The summed E-state index contributed by atoms with van der Waals surface area (Å²) in [5, 5.41) is 6.43. The molecule has 1 amide bonds. The third kappa shape index (κ3) is 5.10. The van der Waals surface area contributed by atoms with E-state index in [2.05, 4.69) is 25.4 Å². The molecule has 1 fully saturated rings. The van der Waals surface area contributed by atoms with Crippen LogP contribution in [0.1, 0.15) is 34.5 Å². The summed E-state index contributed by atoms with van der Waals surface area (Å²) < 4.78 is 90.2. The standard InChI is InChI=1S/C25H22F6N8O2/c1-11(13-3-4-33-21(28)19(13)27)38-8-16(26)17(9-38)37-23(40)14-5-12(7-34-24(14)41-2)18-6-15(25(29,30)31)20-22(32)35-10-36-39(18)20/h3-7,10-11,16-17H,8-9H2,1-2H3,(H,37,40)(H2,32,35,36)/t11?,16-,17+/m0/s1. The number of nitrogens with two attached hydrogens (primary N) is 1. The topological polar surface area (TPSA) is 124 Å². The first-order chi connectivity index (χ1) is 19.4. The normalized spacial score (nSPS) is 18.5. The van der Waals surface area contributed by atoms with Crippen LogP contribution in [-0.2, 0) is 6.18 Å². The van der Waals surface area contributed by atoms with Gasteiger partial charge in [-0.3, -0.25) is 9.69 Å². The van der Waals surface area contributed by atoms with Gasteiger partial charge >= 0.3 is 6.18 Å². The Bertz CT molecular complexity index is 1630. The maximum absolute atomic E-state index is 15.0. The van der Waals surface area contributed by atoms with Crippen molar-refractivity contribution >= 4 is 17.2 Å². The molecule has 216 valence electrons. The number of anilines is 1. The molecule has 1 saturated heterocycles. The summed E-state index contributed by atoms with van der Waals surface area (Å²) in [5.41, 5.74) is 3.93. The summed E-state index contributed by atoms with van der Waals surface area (Å²) >= 11 is 0. The van der Waals surface area contributed by atoms with Crippen molar-refractivity contribution in [2.24, 2.45) is 0 Å². The molecule has 5 rings (SSSR count). The van der Waals surface area contributed by atoms with E-state index < -0.39 is 59.0 Å². The number of carbonyl (C=O) groups is 1. The molecular weight excluding hydrogens is 558 g/mol. The van der Waals surface area contributed by atoms with E-state index in [0.717, 1.165) is 23.1 Å². The van der Waals surface area contributed by atoms with Crippen molar-refractivity contribution in [3.63, 3.8) is 0 Å². The fourth-order valence-electron chi connectivity index (χ4n) is 4.85. The van der Waals surface area contributed by atoms with Gasteiger partial charge in [0.2, 0.25) is 11.8 Å². The number of aromatic nitrogens is 5. The number of nitrogens with one attached hydrogen (secondary N) is 1. The van der Waals surface area contributed by atoms with Crippen molar-refractivity contribution in [1.82, 2.24) is 34.8 Å². The Morgan fingerprint density at radius 2 is 1.95 bits per heavy atom. The fourth-order valence-corrected chi connectivity index (χ4v) is 4.85. The number of hydrogen-bond acceptors (Lipinski definition) is 8. The Labute approximate surface area is 228 Å². The number of pyridine rings is 2. The molecule has 41 heavy (non-hydrogen) atoms. The van der Waals surface area contributed by atoms with Gasteiger partial charge in [-0.25, -0.2) is 28.2 Å². The van der Waals surface area contributed by atoms with Gasteiger partial charge in [0, 0.05) is 42.7 Å². The average Bonchev–Trinajstić information content (AvgIpc) is 3.51. The molecule has 0 aromatic carbocycles. The van der Waals surface area contributed by atoms with E-state index in [0.29, 0.717) is 0 Å². The van der Waals surface area contributed by atoms with E-state index >= 15 is 4.39 Å². The van der Waals surface area contributed by atoms with Gasteiger partial charge in [-0.05, 0) is 25.1 Å². The van der Waals surface area contributed by atoms with Gasteiger partial charge in [-0.2, -0.15) is 22.7 Å². The van der Waals surface area contributed by atoms with Crippen molar-refractivity contribution in [3.05, 3.63) is 65.4 Å². The number of amides is 1. The van der Waals surface area contributed by atoms with Crippen molar-refractivity contribution in [2.45, 2.75) is 31.4 Å². The highest BCUT2D eigenvalue weighted by molar-refractivity contribution is 5.98. The molecule has 1 aliphatic rings. The highest BCUT2D eigenvalue weighted by Gasteiger charge is 2.39. The summed E-state index contributed by atoms with van der Waals surface area (Å²) in [6.07, 6.45) is -3.08. The maximum atomic E-state index is 15.0. The molecule has 0 saturated carbocycles. The van der Waals surface area contributed by atoms with Crippen LogP contribution in [0.25, 0.3) is 16.8 Å². The number of ether oxygens (including phenoxy) is 1. The highest BCUT2D eigenvalue weighted by Crippen LogP contribution is 2.39. The molecule has 16 heteroatoms. The van der Waals surface area contributed by atoms with Gasteiger partial charge in [-0.1, -0.05) is 0 Å². The zero-order chi connectivity index (χ0) is 29.6. The van der Waals surface area contributed by atoms with Crippen LogP contribution < -0.4 is 15.8 Å². The number of likely N-dealkylation sites (tertiary alicyclic amines) is 1. The number of carbonyl (C=O) groups excluding carboxylic acids is 1. The van der Waals surface area contributed by atoms with E-state index in [4.69, 9.17) is 10.5 Å². The number of methoxy groups -OCH3 is 1. The number of rotatable bonds is 6. The molecule has 5 heterocycles. The molecule has 1 aliphatic heterocycles. The number of nitrogens with zero attached hydrogens (tertiary/aromatic N) is 6. The summed E-state index contributed by atoms with van der Waals surface area (Å²) in [6.45, 7) is 1.35. The fraction of sp³-hybridized carbons (Fsp3) is 0.320. The minimum atomic E-state index is -4.78. The SMILES string of the molecule is COc1ncc(-c2cc(C(F)(F)F)c3c(N)ncnn23)cc1C(=O)N[C@@H]1CN(C(C)c2ccnc(F)c2F)C[C@@H]1F. The van der Waals surface area contributed by atoms with E-state index in [1.54, 1.807) is 6.92 Å². The Morgan fingerprint density at radius 1 is 1.20 bits per heavy atom. The van der Waals surface area contributed by atoms with Gasteiger partial charge in [-0.15, -0.1) is 0 Å². The lowest BCUT2D eigenvalue weighted by Crippen LogP contribution is -2.41. The van der Waals surface area contributed by atoms with E-state index in [1.165, 1.54) is 30.3 Å². The Balaban J connectivity index is 1.43. The number of alkyl halides is 4. The first kappa shape index (κ1) is 28.1. The molecule has 0 spiro atoms. The van der Waals surface area contributed by atoms with Gasteiger partial charge in [0.25, 0.3) is 5.91 Å². The van der Waals surface area contributed by atoms with Crippen LogP contribution in [0, 0.1) is 11.8 Å². The molecular formula is C25H22F6N8O2. The van der Waals surface area contributed by atoms with Gasteiger partial charge in [0.05, 0.1) is 24.4 Å². The second-order valence-electron chi connectivity index (χ2n) is 9.36. The highest BCUT2D eigenvalue weighted by atomic mass is 19.4. The van der Waals surface area contributed by atoms with Crippen molar-refractivity contribution in [2.75, 3.05) is 25.9 Å². The van der Waals surface area contributed by atoms with Crippen LogP contribution in [0.2, 0.25) is 0 Å². The summed E-state index contributed by atoms with van der Waals surface area (Å²) in [4.78, 5) is 25.7. The van der Waals surface area contributed by atoms with Crippen LogP contribution in [-0.4, -0.2) is 67.8 Å². The smallest absolute Gasteiger partial charge is 0.418 e. The van der Waals surface area contributed by atoms with E-state index in [9.17, 15) is 26.7 Å². The molecule has 0 aliphatic carbocycles. The quantitative estimate of drug-likeness (QED) is 0.262.